The summed E-state index contributed by atoms with van der Waals surface area (Å²) in [7, 11) is 0. The van der Waals surface area contributed by atoms with Crippen LogP contribution in [-0.2, 0) is 0 Å². The third kappa shape index (κ3) is 1.36. The van der Waals surface area contributed by atoms with E-state index in [-0.39, 0.29) is 0 Å². The van der Waals surface area contributed by atoms with Crippen LogP contribution in [0, 0.1) is 17.8 Å². The van der Waals surface area contributed by atoms with E-state index in [1.165, 1.54) is 32.1 Å². The number of fused-ring (bicyclic) bond motifs is 1. The van der Waals surface area contributed by atoms with Crippen molar-refractivity contribution in [1.82, 2.24) is 0 Å². The van der Waals surface area contributed by atoms with Crippen molar-refractivity contribution in [3.8, 4) is 0 Å². The molecular weight excluding hydrogens is 132 g/mol. The van der Waals surface area contributed by atoms with Gasteiger partial charge in [-0.2, -0.15) is 0 Å². The Hall–Kier alpha value is -0.260. The third-order valence-electron chi connectivity index (χ3n) is 3.48. The molecule has 0 aromatic rings. The molecule has 3 atom stereocenters. The lowest BCUT2D eigenvalue weighted by atomic mass is 9.80. The van der Waals surface area contributed by atoms with E-state index in [0.29, 0.717) is 0 Å². The van der Waals surface area contributed by atoms with Crippen molar-refractivity contribution < 1.29 is 0 Å². The van der Waals surface area contributed by atoms with Gasteiger partial charge < -0.3 is 0 Å². The summed E-state index contributed by atoms with van der Waals surface area (Å²) < 4.78 is 0. The first-order chi connectivity index (χ1) is 5.40. The van der Waals surface area contributed by atoms with Gasteiger partial charge in [0, 0.05) is 0 Å². The van der Waals surface area contributed by atoms with Crippen molar-refractivity contribution in [2.24, 2.45) is 17.8 Å². The van der Waals surface area contributed by atoms with Crippen LogP contribution >= 0.6 is 0 Å². The molecule has 0 heteroatoms. The first-order valence-corrected chi connectivity index (χ1v) is 5.08. The zero-order valence-electron chi connectivity index (χ0n) is 7.42. The van der Waals surface area contributed by atoms with Crippen molar-refractivity contribution >= 4 is 0 Å². The molecule has 2 aliphatic rings. The Balaban J connectivity index is 2.03. The van der Waals surface area contributed by atoms with Crippen LogP contribution in [0.15, 0.2) is 12.2 Å². The maximum atomic E-state index is 2.50. The highest BCUT2D eigenvalue weighted by atomic mass is 14.3. The summed E-state index contributed by atoms with van der Waals surface area (Å²) in [6.45, 7) is 2.31. The van der Waals surface area contributed by atoms with Crippen molar-refractivity contribution in [3.05, 3.63) is 12.2 Å². The molecule has 0 spiro atoms. The molecule has 11 heavy (non-hydrogen) atoms. The van der Waals surface area contributed by atoms with E-state index in [9.17, 15) is 0 Å². The highest BCUT2D eigenvalue weighted by Gasteiger charge is 2.29. The third-order valence-corrected chi connectivity index (χ3v) is 3.48. The van der Waals surface area contributed by atoms with Gasteiger partial charge in [0.05, 0.1) is 0 Å². The summed E-state index contributed by atoms with van der Waals surface area (Å²) in [6, 6.07) is 0. The number of rotatable bonds is 1. The second kappa shape index (κ2) is 3.00. The van der Waals surface area contributed by atoms with Crippen LogP contribution in [0.25, 0.3) is 0 Å². The summed E-state index contributed by atoms with van der Waals surface area (Å²) in [5.41, 5.74) is 0. The van der Waals surface area contributed by atoms with E-state index in [1.807, 2.05) is 0 Å². The van der Waals surface area contributed by atoms with Gasteiger partial charge in [0.2, 0.25) is 0 Å². The van der Waals surface area contributed by atoms with Crippen LogP contribution in [0.2, 0.25) is 0 Å². The van der Waals surface area contributed by atoms with E-state index in [0.717, 1.165) is 17.8 Å². The Bertz CT molecular complexity index is 157. The molecule has 0 aromatic heterocycles. The fourth-order valence-electron chi connectivity index (χ4n) is 2.68. The predicted octanol–water partition coefficient (Wildman–Crippen LogP) is 3.39. The van der Waals surface area contributed by atoms with E-state index in [1.54, 1.807) is 0 Å². The predicted molar refractivity (Wildman–Crippen MR) is 48.4 cm³/mol. The molecule has 0 heterocycles. The fraction of sp³-hybridized carbons (Fsp3) is 0.818. The van der Waals surface area contributed by atoms with E-state index in [4.69, 9.17) is 0 Å². The van der Waals surface area contributed by atoms with Gasteiger partial charge in [-0.15, -0.1) is 0 Å². The van der Waals surface area contributed by atoms with Crippen LogP contribution < -0.4 is 0 Å². The molecule has 62 valence electrons. The van der Waals surface area contributed by atoms with Crippen LogP contribution in [0.3, 0.4) is 0 Å². The maximum absolute atomic E-state index is 2.50. The standard InChI is InChI=1S/C11H18/c1-2-9-6-7-10-4-3-5-11(10)8-9/h6-7,9-11H,2-5,8H2,1H3. The molecule has 0 aliphatic heterocycles. The number of hydrogen-bond donors (Lipinski definition) is 0. The van der Waals surface area contributed by atoms with Gasteiger partial charge >= 0.3 is 0 Å². The van der Waals surface area contributed by atoms with E-state index in [2.05, 4.69) is 19.1 Å². The SMILES string of the molecule is CCC1C=CC2CCCC2C1. The molecule has 1 saturated carbocycles. The Morgan fingerprint density at radius 3 is 3.00 bits per heavy atom. The van der Waals surface area contributed by atoms with Crippen LogP contribution in [-0.4, -0.2) is 0 Å². The van der Waals surface area contributed by atoms with Gasteiger partial charge in [0.1, 0.15) is 0 Å². The minimum Gasteiger partial charge on any atom is -0.0851 e. The van der Waals surface area contributed by atoms with Crippen LogP contribution in [0.4, 0.5) is 0 Å². The Morgan fingerprint density at radius 1 is 1.27 bits per heavy atom. The summed E-state index contributed by atoms with van der Waals surface area (Å²) >= 11 is 0. The maximum Gasteiger partial charge on any atom is -0.0205 e. The van der Waals surface area contributed by atoms with Gasteiger partial charge in [0.25, 0.3) is 0 Å². The molecule has 0 radical (unpaired) electrons. The zero-order chi connectivity index (χ0) is 7.68. The minimum absolute atomic E-state index is 0.911. The van der Waals surface area contributed by atoms with Crippen molar-refractivity contribution in [2.45, 2.75) is 39.0 Å². The second-order valence-electron chi connectivity index (χ2n) is 4.14. The molecule has 0 nitrogen and oxygen atoms in total. The first-order valence-electron chi connectivity index (χ1n) is 5.08. The van der Waals surface area contributed by atoms with E-state index >= 15 is 0 Å². The lowest BCUT2D eigenvalue weighted by Crippen LogP contribution is -2.15. The average molecular weight is 150 g/mol. The Labute approximate surface area is 69.7 Å². The zero-order valence-corrected chi connectivity index (χ0v) is 7.42. The van der Waals surface area contributed by atoms with Crippen molar-refractivity contribution in [2.75, 3.05) is 0 Å². The minimum atomic E-state index is 0.911. The normalized spacial score (nSPS) is 42.5. The molecule has 2 rings (SSSR count). The lowest BCUT2D eigenvalue weighted by molar-refractivity contribution is 0.344. The van der Waals surface area contributed by atoms with Crippen molar-refractivity contribution in [1.29, 1.82) is 0 Å². The molecule has 0 saturated heterocycles. The molecule has 0 aromatic carbocycles. The lowest BCUT2D eigenvalue weighted by Gasteiger charge is -2.25. The topological polar surface area (TPSA) is 0 Å². The molecule has 0 N–H and O–H groups in total. The second-order valence-corrected chi connectivity index (χ2v) is 4.14. The average Bonchev–Trinajstić information content (AvgIpc) is 2.50. The van der Waals surface area contributed by atoms with Gasteiger partial charge in [-0.05, 0) is 43.4 Å². The highest BCUT2D eigenvalue weighted by Crippen LogP contribution is 2.41. The summed E-state index contributed by atoms with van der Waals surface area (Å²) in [5.74, 6) is 2.94. The molecule has 0 bridgehead atoms. The Kier molecular flexibility index (Phi) is 2.02. The largest absolute Gasteiger partial charge is 0.0851 e. The molecule has 3 unspecified atom stereocenters. The fourth-order valence-corrected chi connectivity index (χ4v) is 2.68. The smallest absolute Gasteiger partial charge is 0.0205 e. The van der Waals surface area contributed by atoms with Crippen LogP contribution in [0.5, 0.6) is 0 Å². The molecule has 1 fully saturated rings. The molecule has 2 aliphatic carbocycles. The van der Waals surface area contributed by atoms with Gasteiger partial charge in [-0.25, -0.2) is 0 Å². The summed E-state index contributed by atoms with van der Waals surface area (Å²) in [4.78, 5) is 0. The monoisotopic (exact) mass is 150 g/mol. The number of hydrogen-bond acceptors (Lipinski definition) is 0. The van der Waals surface area contributed by atoms with Crippen molar-refractivity contribution in [3.63, 3.8) is 0 Å². The van der Waals surface area contributed by atoms with Gasteiger partial charge in [0.15, 0.2) is 0 Å². The van der Waals surface area contributed by atoms with E-state index < -0.39 is 0 Å². The highest BCUT2D eigenvalue weighted by molar-refractivity contribution is 5.03. The summed E-state index contributed by atoms with van der Waals surface area (Å²) in [5, 5.41) is 0. The molecular formula is C11H18. The number of allylic oxidation sites excluding steroid dienone is 2. The quantitative estimate of drug-likeness (QED) is 0.503. The molecule has 0 amide bonds. The Morgan fingerprint density at radius 2 is 2.18 bits per heavy atom. The van der Waals surface area contributed by atoms with Crippen LogP contribution in [0.1, 0.15) is 39.0 Å². The summed E-state index contributed by atoms with van der Waals surface area (Å²) in [6.07, 6.45) is 12.2. The van der Waals surface area contributed by atoms with Gasteiger partial charge in [-0.3, -0.25) is 0 Å². The van der Waals surface area contributed by atoms with Gasteiger partial charge in [-0.1, -0.05) is 25.5 Å². The first kappa shape index (κ1) is 7.39.